The molecule has 0 amide bonds. The van der Waals surface area contributed by atoms with Gasteiger partial charge in [0.15, 0.2) is 5.12 Å². The lowest BCUT2D eigenvalue weighted by molar-refractivity contribution is -0.109. The molecule has 2 atom stereocenters. The SMILES string of the molecule is CC(=O)SCC(O)C(O)c1ccc(OCCC#N)cc1. The first-order chi connectivity index (χ1) is 9.54. The highest BCUT2D eigenvalue weighted by molar-refractivity contribution is 8.13. The zero-order chi connectivity index (χ0) is 15.0. The van der Waals surface area contributed by atoms with E-state index in [-0.39, 0.29) is 10.9 Å². The fraction of sp³-hybridized carbons (Fsp3) is 0.429. The van der Waals surface area contributed by atoms with Crippen LogP contribution in [0.4, 0.5) is 0 Å². The maximum absolute atomic E-state index is 10.8. The van der Waals surface area contributed by atoms with Gasteiger partial charge in [-0.15, -0.1) is 0 Å². The number of ether oxygens (including phenoxy) is 1. The molecule has 0 bridgehead atoms. The van der Waals surface area contributed by atoms with E-state index in [2.05, 4.69) is 0 Å². The van der Waals surface area contributed by atoms with Crippen LogP contribution >= 0.6 is 11.8 Å². The summed E-state index contributed by atoms with van der Waals surface area (Å²) in [5, 5.41) is 28.0. The molecule has 5 nitrogen and oxygen atoms in total. The smallest absolute Gasteiger partial charge is 0.185 e. The molecule has 0 aromatic heterocycles. The molecule has 0 aliphatic carbocycles. The van der Waals surface area contributed by atoms with Gasteiger partial charge >= 0.3 is 0 Å². The molecular formula is C14H17NO4S. The minimum absolute atomic E-state index is 0.0995. The first kappa shape index (κ1) is 16.5. The van der Waals surface area contributed by atoms with Gasteiger partial charge in [-0.3, -0.25) is 4.79 Å². The Morgan fingerprint density at radius 3 is 2.60 bits per heavy atom. The van der Waals surface area contributed by atoms with Crippen molar-refractivity contribution in [2.45, 2.75) is 25.6 Å². The maximum atomic E-state index is 10.8. The topological polar surface area (TPSA) is 90.6 Å². The molecule has 108 valence electrons. The highest BCUT2D eigenvalue weighted by Gasteiger charge is 2.19. The van der Waals surface area contributed by atoms with Crippen LogP contribution in [-0.2, 0) is 4.79 Å². The van der Waals surface area contributed by atoms with Gasteiger partial charge in [0.1, 0.15) is 18.5 Å². The molecule has 1 aromatic rings. The lowest BCUT2D eigenvalue weighted by atomic mass is 10.1. The van der Waals surface area contributed by atoms with Crippen LogP contribution in [0.5, 0.6) is 5.75 Å². The van der Waals surface area contributed by atoms with Crippen LogP contribution in [0.1, 0.15) is 25.0 Å². The van der Waals surface area contributed by atoms with Crippen LogP contribution in [0.2, 0.25) is 0 Å². The number of aliphatic hydroxyl groups is 2. The molecule has 1 aromatic carbocycles. The molecule has 20 heavy (non-hydrogen) atoms. The summed E-state index contributed by atoms with van der Waals surface area (Å²) in [6.45, 7) is 1.73. The summed E-state index contributed by atoms with van der Waals surface area (Å²) in [7, 11) is 0. The van der Waals surface area contributed by atoms with Crippen LogP contribution in [0, 0.1) is 11.3 Å². The van der Waals surface area contributed by atoms with Gasteiger partial charge in [0.25, 0.3) is 0 Å². The number of thioether (sulfide) groups is 1. The Morgan fingerprint density at radius 1 is 1.40 bits per heavy atom. The molecule has 6 heteroatoms. The fourth-order valence-corrected chi connectivity index (χ4v) is 2.08. The zero-order valence-electron chi connectivity index (χ0n) is 11.2. The molecule has 1 rings (SSSR count). The molecular weight excluding hydrogens is 278 g/mol. The monoisotopic (exact) mass is 295 g/mol. The first-order valence-electron chi connectivity index (χ1n) is 6.13. The molecule has 2 unspecified atom stereocenters. The predicted octanol–water partition coefficient (Wildman–Crippen LogP) is 1.65. The lowest BCUT2D eigenvalue weighted by Gasteiger charge is -2.17. The van der Waals surface area contributed by atoms with Crippen molar-refractivity contribution < 1.29 is 19.7 Å². The van der Waals surface area contributed by atoms with E-state index in [4.69, 9.17) is 10.00 Å². The number of aliphatic hydroxyl groups excluding tert-OH is 2. The van der Waals surface area contributed by atoms with Crippen molar-refractivity contribution in [3.05, 3.63) is 29.8 Å². The average Bonchev–Trinajstić information content (AvgIpc) is 2.45. The number of benzene rings is 1. The standard InChI is InChI=1S/C14H17NO4S/c1-10(16)20-9-13(17)14(18)11-3-5-12(6-4-11)19-8-2-7-15/h3-6,13-14,17-18H,2,8-9H2,1H3. The number of rotatable bonds is 7. The van der Waals surface area contributed by atoms with Gasteiger partial charge in [0, 0.05) is 12.7 Å². The summed E-state index contributed by atoms with van der Waals surface area (Å²) in [5.74, 6) is 0.750. The van der Waals surface area contributed by atoms with Crippen molar-refractivity contribution in [1.82, 2.24) is 0 Å². The van der Waals surface area contributed by atoms with Gasteiger partial charge in [-0.2, -0.15) is 5.26 Å². The summed E-state index contributed by atoms with van der Waals surface area (Å²) >= 11 is 0.975. The summed E-state index contributed by atoms with van der Waals surface area (Å²) in [6.07, 6.45) is -1.74. The average molecular weight is 295 g/mol. The largest absolute Gasteiger partial charge is 0.493 e. The van der Waals surface area contributed by atoms with E-state index >= 15 is 0 Å². The Hall–Kier alpha value is -1.55. The minimum Gasteiger partial charge on any atom is -0.493 e. The van der Waals surface area contributed by atoms with Gasteiger partial charge in [-0.05, 0) is 17.7 Å². The number of hydrogen-bond acceptors (Lipinski definition) is 6. The second-order valence-electron chi connectivity index (χ2n) is 4.14. The Kier molecular flexibility index (Phi) is 7.09. The van der Waals surface area contributed by atoms with Gasteiger partial charge in [0.2, 0.25) is 0 Å². The first-order valence-corrected chi connectivity index (χ1v) is 7.12. The fourth-order valence-electron chi connectivity index (χ4n) is 1.49. The van der Waals surface area contributed by atoms with Crippen LogP contribution in [0.25, 0.3) is 0 Å². The number of carbonyl (C=O) groups is 1. The molecule has 0 heterocycles. The molecule has 0 aliphatic rings. The van der Waals surface area contributed by atoms with Gasteiger partial charge in [-0.25, -0.2) is 0 Å². The Bertz CT molecular complexity index is 469. The zero-order valence-corrected chi connectivity index (χ0v) is 12.0. The third kappa shape index (κ3) is 5.61. The van der Waals surface area contributed by atoms with E-state index in [0.717, 1.165) is 11.8 Å². The summed E-state index contributed by atoms with van der Waals surface area (Å²) in [4.78, 5) is 10.8. The normalized spacial score (nSPS) is 13.3. The molecule has 0 radical (unpaired) electrons. The quantitative estimate of drug-likeness (QED) is 0.743. The van der Waals surface area contributed by atoms with E-state index in [1.165, 1.54) is 6.92 Å². The highest BCUT2D eigenvalue weighted by atomic mass is 32.2. The van der Waals surface area contributed by atoms with Crippen LogP contribution < -0.4 is 4.74 Å². The number of hydrogen-bond donors (Lipinski definition) is 2. The third-order valence-electron chi connectivity index (χ3n) is 2.53. The second kappa shape index (κ2) is 8.59. The van der Waals surface area contributed by atoms with E-state index < -0.39 is 12.2 Å². The Morgan fingerprint density at radius 2 is 2.05 bits per heavy atom. The Balaban J connectivity index is 2.54. The third-order valence-corrected chi connectivity index (χ3v) is 3.44. The summed E-state index contributed by atoms with van der Waals surface area (Å²) in [5.41, 5.74) is 0.550. The number of nitrogens with zero attached hydrogens (tertiary/aromatic N) is 1. The molecule has 0 saturated carbocycles. The number of nitriles is 1. The van der Waals surface area contributed by atoms with Crippen molar-refractivity contribution in [2.24, 2.45) is 0 Å². The molecule has 0 aliphatic heterocycles. The van der Waals surface area contributed by atoms with Crippen LogP contribution in [-0.4, -0.2) is 33.8 Å². The van der Waals surface area contributed by atoms with Crippen molar-refractivity contribution in [3.63, 3.8) is 0 Å². The van der Waals surface area contributed by atoms with Gasteiger partial charge < -0.3 is 14.9 Å². The van der Waals surface area contributed by atoms with Gasteiger partial charge in [0.05, 0.1) is 18.6 Å². The van der Waals surface area contributed by atoms with E-state index in [0.29, 0.717) is 24.3 Å². The summed E-state index contributed by atoms with van der Waals surface area (Å²) in [6, 6.07) is 8.61. The number of carbonyl (C=O) groups excluding carboxylic acids is 1. The molecule has 0 saturated heterocycles. The highest BCUT2D eigenvalue weighted by Crippen LogP contribution is 2.22. The van der Waals surface area contributed by atoms with Crippen molar-refractivity contribution in [3.8, 4) is 11.8 Å². The van der Waals surface area contributed by atoms with Crippen molar-refractivity contribution in [1.29, 1.82) is 5.26 Å². The molecule has 2 N–H and O–H groups in total. The molecule has 0 spiro atoms. The summed E-state index contributed by atoms with van der Waals surface area (Å²) < 4.78 is 5.31. The van der Waals surface area contributed by atoms with E-state index in [1.54, 1.807) is 24.3 Å². The second-order valence-corrected chi connectivity index (χ2v) is 5.34. The van der Waals surface area contributed by atoms with Crippen molar-refractivity contribution >= 4 is 16.9 Å². The van der Waals surface area contributed by atoms with Crippen LogP contribution in [0.3, 0.4) is 0 Å². The minimum atomic E-state index is -1.05. The van der Waals surface area contributed by atoms with Crippen molar-refractivity contribution in [2.75, 3.05) is 12.4 Å². The molecule has 0 fully saturated rings. The van der Waals surface area contributed by atoms with E-state index in [9.17, 15) is 15.0 Å². The van der Waals surface area contributed by atoms with E-state index in [1.807, 2.05) is 6.07 Å². The Labute approximate surface area is 122 Å². The lowest BCUT2D eigenvalue weighted by Crippen LogP contribution is -2.21. The maximum Gasteiger partial charge on any atom is 0.185 e. The van der Waals surface area contributed by atoms with Gasteiger partial charge in [-0.1, -0.05) is 23.9 Å². The van der Waals surface area contributed by atoms with Crippen LogP contribution in [0.15, 0.2) is 24.3 Å². The predicted molar refractivity (Wildman–Crippen MR) is 76.3 cm³/mol.